The van der Waals surface area contributed by atoms with Crippen molar-refractivity contribution in [2.24, 2.45) is 17.3 Å². The minimum absolute atomic E-state index is 0.0111. The Morgan fingerprint density at radius 3 is 2.04 bits per heavy atom. The molecule has 0 aliphatic heterocycles. The first-order valence-corrected chi connectivity index (χ1v) is 25.3. The van der Waals surface area contributed by atoms with Gasteiger partial charge in [-0.25, -0.2) is 0 Å². The molecule has 0 saturated heterocycles. The van der Waals surface area contributed by atoms with E-state index in [4.69, 9.17) is 18.3 Å². The lowest BCUT2D eigenvalue weighted by molar-refractivity contribution is -0.148. The Morgan fingerprint density at radius 2 is 1.52 bits per heavy atom. The molecule has 6 nitrogen and oxygen atoms in total. The number of ether oxygens (including phenoxy) is 2. The van der Waals surface area contributed by atoms with Crippen molar-refractivity contribution in [2.75, 3.05) is 12.9 Å². The number of thioether (sulfide) groups is 1. The predicted octanol–water partition coefficient (Wildman–Crippen LogP) is 11.8. The smallest absolute Gasteiger partial charge is 0.316 e. The molecule has 0 heterocycles. The zero-order valence-corrected chi connectivity index (χ0v) is 36.7. The van der Waals surface area contributed by atoms with Crippen LogP contribution in [-0.4, -0.2) is 53.6 Å². The summed E-state index contributed by atoms with van der Waals surface area (Å²) in [7, 11) is -2.75. The molecule has 0 aromatic heterocycles. The van der Waals surface area contributed by atoms with Gasteiger partial charge < -0.3 is 18.3 Å². The molecule has 0 radical (unpaired) electrons. The molecule has 4 atom stereocenters. The van der Waals surface area contributed by atoms with E-state index in [0.717, 1.165) is 42.1 Å². The molecule has 0 N–H and O–H groups in total. The maximum absolute atomic E-state index is 13.3. The van der Waals surface area contributed by atoms with Gasteiger partial charge >= 0.3 is 11.9 Å². The van der Waals surface area contributed by atoms with Gasteiger partial charge in [0.05, 0.1) is 24.7 Å². The fourth-order valence-electron chi connectivity index (χ4n) is 5.04. The average molecular weight is 727 g/mol. The van der Waals surface area contributed by atoms with Crippen molar-refractivity contribution in [3.63, 3.8) is 0 Å². The first-order valence-electron chi connectivity index (χ1n) is 18.5. The van der Waals surface area contributed by atoms with Gasteiger partial charge in [-0.2, -0.15) is 0 Å². The van der Waals surface area contributed by atoms with Crippen molar-refractivity contribution in [3.05, 3.63) is 22.8 Å². The molecule has 0 fully saturated rings. The fourth-order valence-corrected chi connectivity index (χ4v) is 8.95. The van der Waals surface area contributed by atoms with Crippen LogP contribution in [0.25, 0.3) is 0 Å². The minimum atomic E-state index is -2.15. The van der Waals surface area contributed by atoms with Gasteiger partial charge in [0.15, 0.2) is 16.6 Å². The van der Waals surface area contributed by atoms with Crippen LogP contribution >= 0.6 is 11.8 Å². The average Bonchev–Trinajstić information content (AvgIpc) is 3.24. The van der Waals surface area contributed by atoms with E-state index in [9.17, 15) is 9.59 Å². The first kappa shape index (κ1) is 45.1. The molecule has 0 spiro atoms. The van der Waals surface area contributed by atoms with Crippen LogP contribution in [0.5, 0.6) is 0 Å². The lowest BCUT2D eigenvalue weighted by atomic mass is 9.96. The molecule has 1 rings (SSSR count). The topological polar surface area (TPSA) is 71.1 Å². The molecule has 1 aliphatic rings. The highest BCUT2D eigenvalue weighted by Crippen LogP contribution is 2.47. The Labute approximate surface area is 302 Å². The molecule has 9 heteroatoms. The zero-order valence-electron chi connectivity index (χ0n) is 33.9. The number of carbonyl (C=O) groups is 2. The van der Waals surface area contributed by atoms with Gasteiger partial charge in [0.2, 0.25) is 0 Å². The Bertz CT molecular complexity index is 1080. The van der Waals surface area contributed by atoms with Crippen LogP contribution in [0.3, 0.4) is 0 Å². The largest absolute Gasteiger partial charge is 0.469 e. The molecule has 0 amide bonds. The Balaban J connectivity index is 3.60. The molecule has 1 aliphatic carbocycles. The van der Waals surface area contributed by atoms with Crippen molar-refractivity contribution in [3.8, 4) is 0 Å². The molecule has 0 aromatic rings. The third-order valence-electron chi connectivity index (χ3n) is 10.4. The van der Waals surface area contributed by atoms with Gasteiger partial charge in [-0.15, -0.1) is 11.8 Å². The molecule has 0 bridgehead atoms. The van der Waals surface area contributed by atoms with E-state index in [-0.39, 0.29) is 40.1 Å². The molecule has 0 saturated carbocycles. The minimum Gasteiger partial charge on any atom is -0.469 e. The molecular weight excluding hydrogens is 653 g/mol. The highest BCUT2D eigenvalue weighted by Gasteiger charge is 2.45. The normalized spacial score (nSPS) is 19.6. The summed E-state index contributed by atoms with van der Waals surface area (Å²) < 4.78 is 25.3. The fraction of sp³-hybridized carbons (Fsp3) is 0.846. The molecule has 0 unspecified atom stereocenters. The van der Waals surface area contributed by atoms with Gasteiger partial charge in [0, 0.05) is 23.7 Å². The van der Waals surface area contributed by atoms with Gasteiger partial charge in [0.1, 0.15) is 5.76 Å². The van der Waals surface area contributed by atoms with E-state index in [0.29, 0.717) is 18.8 Å². The number of hydrogen-bond acceptors (Lipinski definition) is 7. The van der Waals surface area contributed by atoms with Crippen LogP contribution in [0.1, 0.15) is 134 Å². The summed E-state index contributed by atoms with van der Waals surface area (Å²) in [6, 6.07) is 0. The number of carbonyl (C=O) groups excluding carboxylic acids is 2. The molecule has 280 valence electrons. The van der Waals surface area contributed by atoms with E-state index < -0.39 is 22.0 Å². The first-order chi connectivity index (χ1) is 21.9. The second-order valence-corrected chi connectivity index (χ2v) is 28.7. The Morgan fingerprint density at radius 1 is 0.917 bits per heavy atom. The third-order valence-corrected chi connectivity index (χ3v) is 20.7. The summed E-state index contributed by atoms with van der Waals surface area (Å²) in [5.74, 6) is 1.79. The van der Waals surface area contributed by atoms with Crippen LogP contribution in [0, 0.1) is 17.3 Å². The monoisotopic (exact) mass is 726 g/mol. The number of rotatable bonds is 19. The second-order valence-electron chi connectivity index (χ2n) is 18.1. The SMILES string of the molecule is CCCC[C@@H](C)C[C@@H](/C=C/[C@@H]1C(SCCCCCC(=O)OC)=C(OC(=O)C(C)(C)C)C[C@H]1O[Si](C)(C)C(C)(C)C)O[Si](C)(C)C(C)(C)C. The Hall–Kier alpha value is -0.876. The maximum Gasteiger partial charge on any atom is 0.316 e. The van der Waals surface area contributed by atoms with E-state index in [1.807, 2.05) is 20.8 Å². The quantitative estimate of drug-likeness (QED) is 0.0568. The summed E-state index contributed by atoms with van der Waals surface area (Å²) in [6.07, 6.45) is 12.9. The summed E-state index contributed by atoms with van der Waals surface area (Å²) >= 11 is 1.79. The van der Waals surface area contributed by atoms with E-state index in [1.54, 1.807) is 11.8 Å². The van der Waals surface area contributed by atoms with Crippen molar-refractivity contribution in [1.29, 1.82) is 0 Å². The molecule has 48 heavy (non-hydrogen) atoms. The van der Waals surface area contributed by atoms with E-state index >= 15 is 0 Å². The van der Waals surface area contributed by atoms with Crippen LogP contribution in [-0.2, 0) is 27.9 Å². The highest BCUT2D eigenvalue weighted by atomic mass is 32.2. The number of hydrogen-bond donors (Lipinski definition) is 0. The lowest BCUT2D eigenvalue weighted by Crippen LogP contribution is -2.45. The van der Waals surface area contributed by atoms with Crippen molar-refractivity contribution in [1.82, 2.24) is 0 Å². The highest BCUT2D eigenvalue weighted by molar-refractivity contribution is 8.03. The number of esters is 2. The molecule has 0 aromatic carbocycles. The van der Waals surface area contributed by atoms with Crippen LogP contribution in [0.4, 0.5) is 0 Å². The summed E-state index contributed by atoms with van der Waals surface area (Å²) in [6.45, 7) is 33.4. The number of unbranched alkanes of at least 4 members (excludes halogenated alkanes) is 3. The summed E-state index contributed by atoms with van der Waals surface area (Å²) in [5.41, 5.74) is -0.614. The summed E-state index contributed by atoms with van der Waals surface area (Å²) in [5, 5.41) is 0.151. The maximum atomic E-state index is 13.3. The van der Waals surface area contributed by atoms with Crippen LogP contribution < -0.4 is 0 Å². The van der Waals surface area contributed by atoms with Gasteiger partial charge in [-0.1, -0.05) is 93.2 Å². The van der Waals surface area contributed by atoms with Gasteiger partial charge in [-0.05, 0) is 88.0 Å². The van der Waals surface area contributed by atoms with Crippen molar-refractivity contribution in [2.45, 2.75) is 182 Å². The number of methoxy groups -OCH3 is 1. The van der Waals surface area contributed by atoms with E-state index in [2.05, 4.69) is 93.7 Å². The standard InChI is InChI=1S/C39H74O6SSi2/c1-17-18-22-29(2)27-30(44-47(13,14)38(6,7)8)24-25-31-32(45-48(15,16)39(9,10)11)28-33(43-36(41)37(3,4)5)35(31)46-26-21-19-20-23-34(40)42-12/h24-25,29-32H,17-23,26-28H2,1-16H3/b25-24+/t29-,30-,31+,32-/m1/s1. The zero-order chi connectivity index (χ0) is 37.1. The van der Waals surface area contributed by atoms with Crippen LogP contribution in [0.15, 0.2) is 22.8 Å². The lowest BCUT2D eigenvalue weighted by Gasteiger charge is -2.40. The molecular formula is C39H74O6SSi2. The van der Waals surface area contributed by atoms with Crippen molar-refractivity contribution < 1.29 is 27.9 Å². The van der Waals surface area contributed by atoms with E-state index in [1.165, 1.54) is 26.4 Å². The Kier molecular flexibility index (Phi) is 18.0. The van der Waals surface area contributed by atoms with Crippen molar-refractivity contribution >= 4 is 40.3 Å². The predicted molar refractivity (Wildman–Crippen MR) is 210 cm³/mol. The second kappa shape index (κ2) is 19.1. The summed E-state index contributed by atoms with van der Waals surface area (Å²) in [4.78, 5) is 26.0. The van der Waals surface area contributed by atoms with Crippen LogP contribution in [0.2, 0.25) is 36.3 Å². The third kappa shape index (κ3) is 14.8. The van der Waals surface area contributed by atoms with Gasteiger partial charge in [0.25, 0.3) is 0 Å². The van der Waals surface area contributed by atoms with Gasteiger partial charge in [-0.3, -0.25) is 9.59 Å².